The van der Waals surface area contributed by atoms with Crippen LogP contribution in [0.1, 0.15) is 18.6 Å². The SMILES string of the molecule is CC(OS(=O)[O-])c1cc([N+](=O)[O-])ccc1OC(F)F. The van der Waals surface area contributed by atoms with E-state index in [1.54, 1.807) is 0 Å². The molecule has 0 aromatic heterocycles. The highest BCUT2D eigenvalue weighted by Gasteiger charge is 2.20. The third-order valence-corrected chi connectivity index (χ3v) is 2.53. The van der Waals surface area contributed by atoms with Crippen molar-refractivity contribution in [2.45, 2.75) is 19.6 Å². The number of nitrogens with zero attached hydrogens (tertiary/aromatic N) is 1. The van der Waals surface area contributed by atoms with Crippen LogP contribution in [0.2, 0.25) is 0 Å². The first-order valence-electron chi connectivity index (χ1n) is 4.80. The number of nitro benzene ring substituents is 1. The Labute approximate surface area is 108 Å². The molecule has 0 fully saturated rings. The molecule has 0 aliphatic heterocycles. The molecule has 0 saturated carbocycles. The lowest BCUT2D eigenvalue weighted by Gasteiger charge is -2.17. The number of benzene rings is 1. The van der Waals surface area contributed by atoms with Crippen LogP contribution < -0.4 is 4.74 Å². The van der Waals surface area contributed by atoms with Gasteiger partial charge < -0.3 is 9.29 Å². The smallest absolute Gasteiger partial charge is 0.387 e. The molecule has 10 heteroatoms. The predicted octanol–water partition coefficient (Wildman–Crippen LogP) is 2.07. The first-order chi connectivity index (χ1) is 8.81. The molecular formula is C9H8F2NO6S-. The van der Waals surface area contributed by atoms with Crippen LogP contribution in [0.15, 0.2) is 18.2 Å². The maximum absolute atomic E-state index is 12.2. The molecule has 106 valence electrons. The molecular weight excluding hydrogens is 288 g/mol. The second kappa shape index (κ2) is 6.50. The standard InChI is InChI=1S/C9H9F2NO6S/c1-5(18-19(15)16)7-4-6(12(13)14)2-3-8(7)17-9(10)11/h2-5,9H,1H3,(H,15,16)/p-1. The van der Waals surface area contributed by atoms with Gasteiger partial charge in [-0.05, 0) is 13.0 Å². The molecule has 0 radical (unpaired) electrons. The van der Waals surface area contributed by atoms with Gasteiger partial charge in [-0.15, -0.1) is 0 Å². The van der Waals surface area contributed by atoms with E-state index in [0.717, 1.165) is 18.2 Å². The Bertz CT molecular complexity index is 498. The zero-order valence-corrected chi connectivity index (χ0v) is 10.3. The fourth-order valence-corrected chi connectivity index (χ4v) is 1.68. The van der Waals surface area contributed by atoms with Gasteiger partial charge in [0.1, 0.15) is 5.75 Å². The summed E-state index contributed by atoms with van der Waals surface area (Å²) in [6.07, 6.45) is -1.20. The van der Waals surface area contributed by atoms with Crippen molar-refractivity contribution in [1.29, 1.82) is 0 Å². The van der Waals surface area contributed by atoms with Gasteiger partial charge in [0.05, 0.1) is 22.4 Å². The van der Waals surface area contributed by atoms with Crippen LogP contribution in [0.3, 0.4) is 0 Å². The van der Waals surface area contributed by atoms with Crippen molar-refractivity contribution in [2.75, 3.05) is 0 Å². The van der Waals surface area contributed by atoms with Gasteiger partial charge in [-0.1, -0.05) is 0 Å². The van der Waals surface area contributed by atoms with Gasteiger partial charge in [-0.3, -0.25) is 14.3 Å². The van der Waals surface area contributed by atoms with E-state index in [2.05, 4.69) is 8.92 Å². The third kappa shape index (κ3) is 4.50. The largest absolute Gasteiger partial charge is 0.750 e. The quantitative estimate of drug-likeness (QED) is 0.452. The summed E-state index contributed by atoms with van der Waals surface area (Å²) in [7, 11) is 0. The Morgan fingerprint density at radius 3 is 2.53 bits per heavy atom. The summed E-state index contributed by atoms with van der Waals surface area (Å²) in [6.45, 7) is -1.92. The number of non-ortho nitro benzene ring substituents is 1. The second-order valence-electron chi connectivity index (χ2n) is 3.30. The number of rotatable bonds is 6. The highest BCUT2D eigenvalue weighted by Crippen LogP contribution is 2.32. The van der Waals surface area contributed by atoms with Crippen molar-refractivity contribution in [3.8, 4) is 5.75 Å². The lowest BCUT2D eigenvalue weighted by Crippen LogP contribution is -2.09. The maximum atomic E-state index is 12.2. The Morgan fingerprint density at radius 2 is 2.05 bits per heavy atom. The molecule has 2 atom stereocenters. The molecule has 19 heavy (non-hydrogen) atoms. The van der Waals surface area contributed by atoms with Gasteiger partial charge in [0.2, 0.25) is 0 Å². The van der Waals surface area contributed by atoms with Crippen LogP contribution >= 0.6 is 0 Å². The molecule has 1 aromatic carbocycles. The van der Waals surface area contributed by atoms with Crippen LogP contribution in [0.5, 0.6) is 5.75 Å². The number of hydrogen-bond donors (Lipinski definition) is 0. The molecule has 0 spiro atoms. The van der Waals surface area contributed by atoms with Gasteiger partial charge in [-0.25, -0.2) is 4.21 Å². The Hall–Kier alpha value is -1.65. The van der Waals surface area contributed by atoms with Gasteiger partial charge in [0.25, 0.3) is 5.69 Å². The highest BCUT2D eigenvalue weighted by atomic mass is 32.2. The third-order valence-electron chi connectivity index (χ3n) is 2.08. The van der Waals surface area contributed by atoms with E-state index in [1.807, 2.05) is 0 Å². The van der Waals surface area contributed by atoms with Gasteiger partial charge in [0.15, 0.2) is 0 Å². The average molecular weight is 296 g/mol. The molecule has 0 aliphatic carbocycles. The number of alkyl halides is 2. The maximum Gasteiger partial charge on any atom is 0.387 e. The average Bonchev–Trinajstić information content (AvgIpc) is 2.27. The zero-order chi connectivity index (χ0) is 14.6. The molecule has 2 unspecified atom stereocenters. The first-order valence-corrected chi connectivity index (χ1v) is 5.80. The van der Waals surface area contributed by atoms with Crippen molar-refractivity contribution in [3.05, 3.63) is 33.9 Å². The summed E-state index contributed by atoms with van der Waals surface area (Å²) in [5.41, 5.74) is -0.567. The molecule has 1 rings (SSSR count). The van der Waals surface area contributed by atoms with Crippen molar-refractivity contribution in [1.82, 2.24) is 0 Å². The van der Waals surface area contributed by atoms with Gasteiger partial charge in [-0.2, -0.15) is 8.78 Å². The molecule has 0 amide bonds. The van der Waals surface area contributed by atoms with Crippen molar-refractivity contribution >= 4 is 17.0 Å². The minimum atomic E-state index is -3.15. The monoisotopic (exact) mass is 296 g/mol. The summed E-state index contributed by atoms with van der Waals surface area (Å²) in [4.78, 5) is 9.83. The summed E-state index contributed by atoms with van der Waals surface area (Å²) in [6, 6.07) is 2.82. The van der Waals surface area contributed by atoms with E-state index < -0.39 is 40.4 Å². The van der Waals surface area contributed by atoms with Gasteiger partial charge >= 0.3 is 6.61 Å². The van der Waals surface area contributed by atoms with Crippen molar-refractivity contribution in [2.24, 2.45) is 0 Å². The van der Waals surface area contributed by atoms with Crippen LogP contribution in [0.4, 0.5) is 14.5 Å². The fourth-order valence-electron chi connectivity index (χ4n) is 1.34. The fraction of sp³-hybridized carbons (Fsp3) is 0.333. The first kappa shape index (κ1) is 15.4. The lowest BCUT2D eigenvalue weighted by molar-refractivity contribution is -0.385. The summed E-state index contributed by atoms with van der Waals surface area (Å²) in [5, 5.41) is 10.6. The minimum Gasteiger partial charge on any atom is -0.750 e. The molecule has 7 nitrogen and oxygen atoms in total. The van der Waals surface area contributed by atoms with E-state index in [-0.39, 0.29) is 5.56 Å². The molecule has 0 aliphatic rings. The Morgan fingerprint density at radius 1 is 1.42 bits per heavy atom. The van der Waals surface area contributed by atoms with E-state index in [9.17, 15) is 27.7 Å². The molecule has 0 bridgehead atoms. The van der Waals surface area contributed by atoms with E-state index in [4.69, 9.17) is 0 Å². The summed E-state index contributed by atoms with van der Waals surface area (Å²) < 4.78 is 53.6. The zero-order valence-electron chi connectivity index (χ0n) is 9.45. The van der Waals surface area contributed by atoms with E-state index in [0.29, 0.717) is 0 Å². The number of ether oxygens (including phenoxy) is 1. The lowest BCUT2D eigenvalue weighted by atomic mass is 10.1. The number of halogens is 2. The second-order valence-corrected chi connectivity index (χ2v) is 3.90. The van der Waals surface area contributed by atoms with Crippen LogP contribution in [-0.2, 0) is 15.5 Å². The Kier molecular flexibility index (Phi) is 5.27. The predicted molar refractivity (Wildman–Crippen MR) is 58.1 cm³/mol. The molecule has 0 N–H and O–H groups in total. The Balaban J connectivity index is 3.16. The molecule has 1 aromatic rings. The van der Waals surface area contributed by atoms with E-state index >= 15 is 0 Å². The normalized spacial score (nSPS) is 14.2. The number of hydrogen-bond acceptors (Lipinski definition) is 6. The van der Waals surface area contributed by atoms with Crippen molar-refractivity contribution < 1.29 is 31.4 Å². The summed E-state index contributed by atoms with van der Waals surface area (Å²) >= 11 is -2.90. The van der Waals surface area contributed by atoms with E-state index in [1.165, 1.54) is 6.92 Å². The number of nitro groups is 1. The molecule has 0 heterocycles. The summed E-state index contributed by atoms with van der Waals surface area (Å²) in [5.74, 6) is -0.390. The minimum absolute atomic E-state index is 0.168. The highest BCUT2D eigenvalue weighted by molar-refractivity contribution is 7.74. The van der Waals surface area contributed by atoms with Gasteiger partial charge in [0, 0.05) is 17.7 Å². The van der Waals surface area contributed by atoms with Crippen LogP contribution in [-0.4, -0.2) is 20.3 Å². The van der Waals surface area contributed by atoms with Crippen molar-refractivity contribution in [3.63, 3.8) is 0 Å². The van der Waals surface area contributed by atoms with Crippen LogP contribution in [0.25, 0.3) is 0 Å². The molecule has 0 saturated heterocycles. The van der Waals surface area contributed by atoms with Crippen LogP contribution in [0, 0.1) is 10.1 Å². The topological polar surface area (TPSA) is 102 Å².